The Morgan fingerprint density at radius 1 is 1.48 bits per heavy atom. The second-order valence-corrected chi connectivity index (χ2v) is 6.49. The van der Waals surface area contributed by atoms with Crippen molar-refractivity contribution in [2.75, 3.05) is 6.54 Å². The van der Waals surface area contributed by atoms with Crippen molar-refractivity contribution < 1.29 is 31.5 Å². The fourth-order valence-corrected chi connectivity index (χ4v) is 3.76. The van der Waals surface area contributed by atoms with Gasteiger partial charge in [-0.1, -0.05) is 0 Å². The van der Waals surface area contributed by atoms with Gasteiger partial charge in [-0.2, -0.15) is 22.6 Å². The number of hydrogen-bond acceptors (Lipinski definition) is 4. The Balaban J connectivity index is 2.26. The molecule has 118 valence electrons. The van der Waals surface area contributed by atoms with E-state index in [0.29, 0.717) is 11.1 Å². The van der Waals surface area contributed by atoms with Crippen LogP contribution in [0.4, 0.5) is 13.2 Å². The average Bonchev–Trinajstić information content (AvgIpc) is 2.93. The Labute approximate surface area is 118 Å². The summed E-state index contributed by atoms with van der Waals surface area (Å²) in [7, 11) is -4.17. The summed E-state index contributed by atoms with van der Waals surface area (Å²) < 4.78 is 62.4. The van der Waals surface area contributed by atoms with E-state index in [1.807, 2.05) is 0 Å². The van der Waals surface area contributed by atoms with Crippen LogP contribution in [-0.2, 0) is 21.4 Å². The molecule has 21 heavy (non-hydrogen) atoms. The predicted octanol–water partition coefficient (Wildman–Crippen LogP) is 0.683. The lowest BCUT2D eigenvalue weighted by atomic mass is 10.2. The van der Waals surface area contributed by atoms with Gasteiger partial charge in [0.2, 0.25) is 10.0 Å². The van der Waals surface area contributed by atoms with E-state index >= 15 is 0 Å². The quantitative estimate of drug-likeness (QED) is 0.878. The van der Waals surface area contributed by atoms with Gasteiger partial charge in [-0.05, 0) is 12.8 Å². The molecule has 1 aliphatic heterocycles. The third-order valence-electron chi connectivity index (χ3n) is 3.05. The Kier molecular flexibility index (Phi) is 3.97. The van der Waals surface area contributed by atoms with E-state index in [4.69, 9.17) is 5.11 Å². The molecule has 2 rings (SSSR count). The number of nitrogens with zero attached hydrogens (tertiary/aromatic N) is 3. The number of alkyl halides is 3. The molecular formula is C10H12F3N3O4S. The number of aliphatic carboxylic acids is 1. The third-order valence-corrected chi connectivity index (χ3v) is 4.91. The molecule has 0 unspecified atom stereocenters. The van der Waals surface area contributed by atoms with E-state index in [9.17, 15) is 26.4 Å². The summed E-state index contributed by atoms with van der Waals surface area (Å²) in [4.78, 5) is 10.6. The maximum atomic E-state index is 12.3. The molecule has 0 bridgehead atoms. The molecule has 1 N–H and O–H groups in total. The van der Waals surface area contributed by atoms with Gasteiger partial charge in [0, 0.05) is 12.7 Å². The van der Waals surface area contributed by atoms with Crippen LogP contribution in [0, 0.1) is 0 Å². The fraction of sp³-hybridized carbons (Fsp3) is 0.600. The number of carboxylic acids is 1. The lowest BCUT2D eigenvalue weighted by Crippen LogP contribution is -2.40. The number of carboxylic acid groups (broad SMARTS) is 1. The maximum Gasteiger partial charge on any atom is 0.408 e. The zero-order valence-corrected chi connectivity index (χ0v) is 11.4. The lowest BCUT2D eigenvalue weighted by Gasteiger charge is -2.19. The molecule has 1 aromatic rings. The predicted molar refractivity (Wildman–Crippen MR) is 62.8 cm³/mol. The molecule has 1 aromatic heterocycles. The van der Waals surface area contributed by atoms with E-state index in [0.717, 1.165) is 16.7 Å². The van der Waals surface area contributed by atoms with Gasteiger partial charge in [-0.15, -0.1) is 0 Å². The van der Waals surface area contributed by atoms with Crippen molar-refractivity contribution in [1.29, 1.82) is 0 Å². The summed E-state index contributed by atoms with van der Waals surface area (Å²) in [6.45, 7) is -1.39. The number of rotatable bonds is 4. The van der Waals surface area contributed by atoms with Crippen molar-refractivity contribution in [1.82, 2.24) is 14.1 Å². The molecule has 0 amide bonds. The number of hydrogen-bond donors (Lipinski definition) is 1. The molecule has 1 fully saturated rings. The molecule has 0 aliphatic carbocycles. The maximum absolute atomic E-state index is 12.3. The number of carbonyl (C=O) groups is 1. The van der Waals surface area contributed by atoms with E-state index in [-0.39, 0.29) is 13.0 Å². The third kappa shape index (κ3) is 3.35. The summed E-state index contributed by atoms with van der Waals surface area (Å²) in [5, 5.41) is 12.3. The van der Waals surface area contributed by atoms with Crippen LogP contribution >= 0.6 is 0 Å². The number of sulfonamides is 1. The average molecular weight is 327 g/mol. The first-order chi connectivity index (χ1) is 9.61. The van der Waals surface area contributed by atoms with Gasteiger partial charge >= 0.3 is 12.1 Å². The first kappa shape index (κ1) is 15.8. The molecule has 1 aliphatic rings. The largest absolute Gasteiger partial charge is 0.480 e. The van der Waals surface area contributed by atoms with E-state index < -0.39 is 39.7 Å². The van der Waals surface area contributed by atoms with Crippen molar-refractivity contribution in [2.45, 2.75) is 36.5 Å². The standard InChI is InChI=1S/C10H12F3N3O4S/c11-10(12,13)6-15-5-7(4-14-15)21(19,20)16-3-1-2-8(16)9(17)18/h4-5,8H,1-3,6H2,(H,17,18)/t8-/m0/s1. The van der Waals surface area contributed by atoms with Gasteiger partial charge in [-0.3, -0.25) is 9.48 Å². The topological polar surface area (TPSA) is 92.5 Å². The minimum Gasteiger partial charge on any atom is -0.480 e. The van der Waals surface area contributed by atoms with Gasteiger partial charge in [0.1, 0.15) is 17.5 Å². The van der Waals surface area contributed by atoms with Gasteiger partial charge < -0.3 is 5.11 Å². The van der Waals surface area contributed by atoms with Crippen molar-refractivity contribution >= 4 is 16.0 Å². The zero-order chi connectivity index (χ0) is 15.8. The Hall–Kier alpha value is -1.62. The van der Waals surface area contributed by atoms with Crippen LogP contribution in [0.3, 0.4) is 0 Å². The SMILES string of the molecule is O=C(O)[C@@H]1CCCN1S(=O)(=O)c1cnn(CC(F)(F)F)c1. The van der Waals surface area contributed by atoms with Crippen LogP contribution in [-0.4, -0.2) is 52.3 Å². The minimum atomic E-state index is -4.52. The smallest absolute Gasteiger partial charge is 0.408 e. The zero-order valence-electron chi connectivity index (χ0n) is 10.6. The molecule has 11 heteroatoms. The van der Waals surface area contributed by atoms with E-state index in [1.54, 1.807) is 0 Å². The van der Waals surface area contributed by atoms with Crippen molar-refractivity contribution in [3.8, 4) is 0 Å². The second kappa shape index (κ2) is 5.30. The van der Waals surface area contributed by atoms with Crippen LogP contribution in [0.2, 0.25) is 0 Å². The molecular weight excluding hydrogens is 315 g/mol. The molecule has 1 atom stereocenters. The summed E-state index contributed by atoms with van der Waals surface area (Å²) in [5.74, 6) is -1.28. The summed E-state index contributed by atoms with van der Waals surface area (Å²) in [6.07, 6.45) is -2.43. The highest BCUT2D eigenvalue weighted by Gasteiger charge is 2.40. The van der Waals surface area contributed by atoms with Crippen LogP contribution < -0.4 is 0 Å². The lowest BCUT2D eigenvalue weighted by molar-refractivity contribution is -0.142. The normalized spacial score (nSPS) is 20.8. The highest BCUT2D eigenvalue weighted by molar-refractivity contribution is 7.89. The summed E-state index contributed by atoms with van der Waals surface area (Å²) >= 11 is 0. The van der Waals surface area contributed by atoms with Crippen molar-refractivity contribution in [3.63, 3.8) is 0 Å². The molecule has 0 radical (unpaired) electrons. The van der Waals surface area contributed by atoms with E-state index in [1.165, 1.54) is 0 Å². The van der Waals surface area contributed by atoms with Crippen molar-refractivity contribution in [3.05, 3.63) is 12.4 Å². The molecule has 0 aromatic carbocycles. The first-order valence-electron chi connectivity index (χ1n) is 5.95. The van der Waals surface area contributed by atoms with Crippen LogP contribution in [0.5, 0.6) is 0 Å². The number of halogens is 3. The molecule has 1 saturated heterocycles. The highest BCUT2D eigenvalue weighted by Crippen LogP contribution is 2.26. The van der Waals surface area contributed by atoms with Crippen molar-refractivity contribution in [2.24, 2.45) is 0 Å². The molecule has 0 saturated carbocycles. The summed E-state index contributed by atoms with van der Waals surface area (Å²) in [6, 6.07) is -1.19. The Morgan fingerprint density at radius 2 is 2.14 bits per heavy atom. The fourth-order valence-electron chi connectivity index (χ4n) is 2.16. The molecule has 7 nitrogen and oxygen atoms in total. The van der Waals surface area contributed by atoms with Gasteiger partial charge in [0.15, 0.2) is 0 Å². The summed E-state index contributed by atoms with van der Waals surface area (Å²) in [5.41, 5.74) is 0. The van der Waals surface area contributed by atoms with E-state index in [2.05, 4.69) is 5.10 Å². The van der Waals surface area contributed by atoms with Gasteiger partial charge in [-0.25, -0.2) is 8.42 Å². The second-order valence-electron chi connectivity index (χ2n) is 4.60. The number of aromatic nitrogens is 2. The first-order valence-corrected chi connectivity index (χ1v) is 7.39. The van der Waals surface area contributed by atoms with Crippen LogP contribution in [0.25, 0.3) is 0 Å². The molecule has 2 heterocycles. The Bertz CT molecular complexity index is 640. The Morgan fingerprint density at radius 3 is 2.71 bits per heavy atom. The van der Waals surface area contributed by atoms with Crippen LogP contribution in [0.15, 0.2) is 17.3 Å². The highest BCUT2D eigenvalue weighted by atomic mass is 32.2. The van der Waals surface area contributed by atoms with Crippen LogP contribution in [0.1, 0.15) is 12.8 Å². The minimum absolute atomic E-state index is 0.0176. The van der Waals surface area contributed by atoms with Gasteiger partial charge in [0.05, 0.1) is 6.20 Å². The molecule has 0 spiro atoms. The monoisotopic (exact) mass is 327 g/mol. The van der Waals surface area contributed by atoms with Gasteiger partial charge in [0.25, 0.3) is 0 Å².